The first-order valence-corrected chi connectivity index (χ1v) is 9.11. The van der Waals surface area contributed by atoms with E-state index in [4.69, 9.17) is 11.6 Å². The van der Waals surface area contributed by atoms with Gasteiger partial charge in [0.25, 0.3) is 15.9 Å². The largest absolute Gasteiger partial charge is 0.479 e. The minimum atomic E-state index is -4.85. The van der Waals surface area contributed by atoms with Gasteiger partial charge in [-0.05, 0) is 12.1 Å². The maximum Gasteiger partial charge on any atom is 0.419 e. The Morgan fingerprint density at radius 3 is 2.50 bits per heavy atom. The Labute approximate surface area is 159 Å². The summed E-state index contributed by atoms with van der Waals surface area (Å²) in [5, 5.41) is -0.964. The molecule has 0 bridgehead atoms. The lowest BCUT2D eigenvalue weighted by molar-refractivity contribution is -0.136. The van der Waals surface area contributed by atoms with Crippen LogP contribution in [0, 0.1) is 11.6 Å². The summed E-state index contributed by atoms with van der Waals surface area (Å²) in [4.78, 5) is 4.97. The van der Waals surface area contributed by atoms with Gasteiger partial charge in [0.2, 0.25) is 0 Å². The number of pyridine rings is 1. The van der Waals surface area contributed by atoms with Crippen molar-refractivity contribution in [2.75, 3.05) is 11.8 Å². The molecule has 1 aromatic carbocycles. The van der Waals surface area contributed by atoms with E-state index in [9.17, 15) is 30.4 Å². The molecule has 3 rings (SSSR count). The number of sulfonamides is 1. The van der Waals surface area contributed by atoms with Crippen molar-refractivity contribution in [3.8, 4) is 5.88 Å². The highest BCUT2D eigenvalue weighted by atomic mass is 35.5. The highest BCUT2D eigenvalue weighted by Gasteiger charge is 2.37. The first-order valence-electron chi connectivity index (χ1n) is 7.25. The number of H-pyrrole nitrogens is 1. The van der Waals surface area contributed by atoms with Crippen LogP contribution in [0.1, 0.15) is 5.56 Å². The van der Waals surface area contributed by atoms with Crippen LogP contribution in [0.5, 0.6) is 5.88 Å². The van der Waals surface area contributed by atoms with Gasteiger partial charge in [0.05, 0.1) is 23.2 Å². The number of nitrogens with one attached hydrogen (secondary N) is 2. The molecule has 0 amide bonds. The maximum absolute atomic E-state index is 13.9. The summed E-state index contributed by atoms with van der Waals surface area (Å²) < 4.78 is 98.4. The Kier molecular flexibility index (Phi) is 4.88. The first kappa shape index (κ1) is 20.1. The van der Waals surface area contributed by atoms with E-state index in [-0.39, 0.29) is 5.39 Å². The lowest BCUT2D eigenvalue weighted by Gasteiger charge is -2.11. The number of ether oxygens (including phenoxy) is 1. The molecule has 13 heteroatoms. The molecule has 150 valence electrons. The van der Waals surface area contributed by atoms with Crippen molar-refractivity contribution < 1.29 is 35.1 Å². The van der Waals surface area contributed by atoms with Crippen LogP contribution in [0.4, 0.5) is 27.8 Å². The Morgan fingerprint density at radius 2 is 1.89 bits per heavy atom. The summed E-state index contributed by atoms with van der Waals surface area (Å²) in [6.07, 6.45) is -4.06. The van der Waals surface area contributed by atoms with E-state index in [0.717, 1.165) is 25.4 Å². The van der Waals surface area contributed by atoms with E-state index in [1.807, 2.05) is 0 Å². The van der Waals surface area contributed by atoms with E-state index in [1.165, 1.54) is 0 Å². The molecule has 0 saturated heterocycles. The van der Waals surface area contributed by atoms with Crippen molar-refractivity contribution in [3.63, 3.8) is 0 Å². The number of anilines is 1. The lowest BCUT2D eigenvalue weighted by Crippen LogP contribution is -2.15. The molecule has 0 aliphatic rings. The highest BCUT2D eigenvalue weighted by molar-refractivity contribution is 7.93. The zero-order valence-corrected chi connectivity index (χ0v) is 15.2. The molecule has 0 saturated carbocycles. The van der Waals surface area contributed by atoms with E-state index in [0.29, 0.717) is 6.07 Å². The number of alkyl halides is 3. The second kappa shape index (κ2) is 6.78. The molecule has 0 unspecified atom stereocenters. The molecule has 2 aromatic heterocycles. The SMILES string of the molecule is COc1nc(NS(=O)(=O)c2c[nH]c3c(C(F)(F)F)c(Cl)ccc23)c(F)cc1F. The number of fused-ring (bicyclic) bond motifs is 1. The highest BCUT2D eigenvalue weighted by Crippen LogP contribution is 2.41. The van der Waals surface area contributed by atoms with Crippen molar-refractivity contribution in [1.82, 2.24) is 9.97 Å². The number of hydrogen-bond acceptors (Lipinski definition) is 4. The number of hydrogen-bond donors (Lipinski definition) is 2. The molecular formula is C15H9ClF5N3O3S. The van der Waals surface area contributed by atoms with Gasteiger partial charge >= 0.3 is 6.18 Å². The Balaban J connectivity index is 2.13. The third-order valence-corrected chi connectivity index (χ3v) is 5.36. The van der Waals surface area contributed by atoms with E-state index in [2.05, 4.69) is 14.7 Å². The van der Waals surface area contributed by atoms with Crippen LogP contribution in [-0.2, 0) is 16.2 Å². The van der Waals surface area contributed by atoms with Crippen LogP contribution < -0.4 is 9.46 Å². The number of benzene rings is 1. The van der Waals surface area contributed by atoms with Crippen LogP contribution >= 0.6 is 11.6 Å². The van der Waals surface area contributed by atoms with Gasteiger partial charge in [-0.3, -0.25) is 4.72 Å². The van der Waals surface area contributed by atoms with Gasteiger partial charge in [0, 0.05) is 17.6 Å². The topological polar surface area (TPSA) is 84.1 Å². The van der Waals surface area contributed by atoms with Crippen LogP contribution in [0.15, 0.2) is 29.3 Å². The fourth-order valence-electron chi connectivity index (χ4n) is 2.49. The molecule has 0 radical (unpaired) electrons. The monoisotopic (exact) mass is 441 g/mol. The summed E-state index contributed by atoms with van der Waals surface area (Å²) in [5.41, 5.74) is -1.81. The summed E-state index contributed by atoms with van der Waals surface area (Å²) in [6, 6.07) is 2.30. The second-order valence-electron chi connectivity index (χ2n) is 5.41. The normalized spacial score (nSPS) is 12.4. The lowest BCUT2D eigenvalue weighted by atomic mass is 10.1. The standard InChI is InChI=1S/C15H9ClF5N3O3S/c1-27-14-9(18)4-8(17)13(23-14)24-28(25,26)10-5-22-12-6(10)2-3-7(16)11(12)15(19,20)21/h2-5,22H,1H3,(H,23,24). The Bertz CT molecular complexity index is 1180. The molecule has 0 atom stereocenters. The third-order valence-electron chi connectivity index (χ3n) is 3.66. The van der Waals surface area contributed by atoms with Gasteiger partial charge in [-0.2, -0.15) is 18.2 Å². The van der Waals surface area contributed by atoms with Gasteiger partial charge in [-0.25, -0.2) is 17.2 Å². The van der Waals surface area contributed by atoms with Gasteiger partial charge in [0.15, 0.2) is 17.5 Å². The molecule has 2 N–H and O–H groups in total. The number of rotatable bonds is 4. The van der Waals surface area contributed by atoms with E-state index >= 15 is 0 Å². The van der Waals surface area contributed by atoms with Crippen LogP contribution in [-0.4, -0.2) is 25.5 Å². The molecule has 28 heavy (non-hydrogen) atoms. The molecule has 0 spiro atoms. The zero-order valence-electron chi connectivity index (χ0n) is 13.7. The zero-order chi connectivity index (χ0) is 20.9. The predicted octanol–water partition coefficient (Wildman–Crippen LogP) is 4.32. The van der Waals surface area contributed by atoms with Crippen LogP contribution in [0.2, 0.25) is 5.02 Å². The molecule has 0 fully saturated rings. The quantitative estimate of drug-likeness (QED) is 0.590. The third kappa shape index (κ3) is 3.44. The Morgan fingerprint density at radius 1 is 1.21 bits per heavy atom. The number of aromatic nitrogens is 2. The molecular weight excluding hydrogens is 433 g/mol. The molecule has 2 heterocycles. The first-order chi connectivity index (χ1) is 13.0. The Hall–Kier alpha value is -2.60. The molecule has 3 aromatic rings. The fraction of sp³-hybridized carbons (Fsp3) is 0.133. The fourth-order valence-corrected chi connectivity index (χ4v) is 3.94. The van der Waals surface area contributed by atoms with Crippen molar-refractivity contribution in [2.24, 2.45) is 0 Å². The minimum Gasteiger partial charge on any atom is -0.479 e. The van der Waals surface area contributed by atoms with E-state index < -0.39 is 60.5 Å². The van der Waals surface area contributed by atoms with Crippen LogP contribution in [0.3, 0.4) is 0 Å². The number of aromatic amines is 1. The number of methoxy groups -OCH3 is 1. The second-order valence-corrected chi connectivity index (χ2v) is 7.47. The van der Waals surface area contributed by atoms with Crippen LogP contribution in [0.25, 0.3) is 10.9 Å². The van der Waals surface area contributed by atoms with E-state index in [1.54, 1.807) is 4.72 Å². The van der Waals surface area contributed by atoms with Crippen molar-refractivity contribution >= 4 is 38.3 Å². The average molecular weight is 442 g/mol. The van der Waals surface area contributed by atoms with Gasteiger partial charge < -0.3 is 9.72 Å². The number of nitrogens with zero attached hydrogens (tertiary/aromatic N) is 1. The number of halogens is 6. The molecule has 6 nitrogen and oxygen atoms in total. The van der Waals surface area contributed by atoms with Crippen molar-refractivity contribution in [3.05, 3.63) is 46.6 Å². The molecule has 0 aliphatic carbocycles. The van der Waals surface area contributed by atoms with Crippen molar-refractivity contribution in [1.29, 1.82) is 0 Å². The predicted molar refractivity (Wildman–Crippen MR) is 89.8 cm³/mol. The van der Waals surface area contributed by atoms with Gasteiger partial charge in [-0.15, -0.1) is 0 Å². The summed E-state index contributed by atoms with van der Waals surface area (Å²) >= 11 is 5.60. The van der Waals surface area contributed by atoms with Gasteiger partial charge in [-0.1, -0.05) is 11.6 Å². The minimum absolute atomic E-state index is 0.335. The van der Waals surface area contributed by atoms with Crippen molar-refractivity contribution in [2.45, 2.75) is 11.1 Å². The smallest absolute Gasteiger partial charge is 0.419 e. The summed E-state index contributed by atoms with van der Waals surface area (Å²) in [5.74, 6) is -4.08. The van der Waals surface area contributed by atoms with Gasteiger partial charge in [0.1, 0.15) is 4.90 Å². The average Bonchev–Trinajstić information content (AvgIpc) is 3.00. The summed E-state index contributed by atoms with van der Waals surface area (Å²) in [6.45, 7) is 0. The maximum atomic E-state index is 13.9. The summed E-state index contributed by atoms with van der Waals surface area (Å²) in [7, 11) is -3.57. The molecule has 0 aliphatic heterocycles.